The molecule has 1 aromatic heterocycles. The van der Waals surface area contributed by atoms with Gasteiger partial charge in [0.05, 0.1) is 24.4 Å². The maximum atomic E-state index is 13.5. The summed E-state index contributed by atoms with van der Waals surface area (Å²) >= 11 is 1.47. The van der Waals surface area contributed by atoms with Crippen LogP contribution in [0.1, 0.15) is 36.8 Å². The lowest BCUT2D eigenvalue weighted by Gasteiger charge is -2.36. The Morgan fingerprint density at radius 3 is 2.52 bits per heavy atom. The molecule has 2 saturated heterocycles. The number of thiophene rings is 1. The minimum absolute atomic E-state index is 0.166. The molecule has 7 heteroatoms. The number of carboxylic acid groups (broad SMARTS) is 1. The highest BCUT2D eigenvalue weighted by atomic mass is 32.1. The van der Waals surface area contributed by atoms with Gasteiger partial charge in [-0.3, -0.25) is 24.6 Å². The quantitative estimate of drug-likeness (QED) is 0.712. The first-order valence-electron chi connectivity index (χ1n) is 9.85. The lowest BCUT2D eigenvalue weighted by atomic mass is 9.72. The molecule has 152 valence electrons. The van der Waals surface area contributed by atoms with Gasteiger partial charge in [0.15, 0.2) is 0 Å². The van der Waals surface area contributed by atoms with Gasteiger partial charge in [0.1, 0.15) is 5.54 Å². The van der Waals surface area contributed by atoms with Gasteiger partial charge >= 0.3 is 5.97 Å². The third-order valence-corrected chi connectivity index (χ3v) is 7.42. The molecule has 6 nitrogen and oxygen atoms in total. The Hall–Kier alpha value is -2.51. The number of fused-ring (bicyclic) bond motifs is 1. The van der Waals surface area contributed by atoms with E-state index < -0.39 is 35.3 Å². The van der Waals surface area contributed by atoms with Gasteiger partial charge < -0.3 is 5.11 Å². The van der Waals surface area contributed by atoms with Crippen molar-refractivity contribution in [1.29, 1.82) is 0 Å². The number of carbonyl (C=O) groups excluding carboxylic acids is 2. The van der Waals surface area contributed by atoms with Crippen molar-refractivity contribution in [2.45, 2.75) is 38.4 Å². The molecule has 0 radical (unpaired) electrons. The third-order valence-electron chi connectivity index (χ3n) is 6.46. The maximum absolute atomic E-state index is 13.5. The summed E-state index contributed by atoms with van der Waals surface area (Å²) in [5.74, 6) is -3.69. The maximum Gasteiger partial charge on any atom is 0.325 e. The molecule has 0 bridgehead atoms. The number of amides is 2. The summed E-state index contributed by atoms with van der Waals surface area (Å²) in [4.78, 5) is 41.6. The third kappa shape index (κ3) is 2.91. The molecule has 1 aromatic carbocycles. The van der Waals surface area contributed by atoms with E-state index in [1.807, 2.05) is 61.7 Å². The van der Waals surface area contributed by atoms with Gasteiger partial charge in [-0.1, -0.05) is 56.7 Å². The van der Waals surface area contributed by atoms with Crippen LogP contribution >= 0.6 is 11.3 Å². The Morgan fingerprint density at radius 2 is 1.93 bits per heavy atom. The molecule has 3 heterocycles. The van der Waals surface area contributed by atoms with Crippen molar-refractivity contribution in [3.8, 4) is 0 Å². The van der Waals surface area contributed by atoms with Crippen LogP contribution in [0.15, 0.2) is 47.8 Å². The van der Waals surface area contributed by atoms with Crippen LogP contribution < -0.4 is 5.32 Å². The van der Waals surface area contributed by atoms with E-state index in [2.05, 4.69) is 5.32 Å². The zero-order chi connectivity index (χ0) is 20.8. The molecule has 2 fully saturated rings. The Morgan fingerprint density at radius 1 is 1.21 bits per heavy atom. The van der Waals surface area contributed by atoms with Gasteiger partial charge in [-0.25, -0.2) is 0 Å². The fourth-order valence-electron chi connectivity index (χ4n) is 4.82. The van der Waals surface area contributed by atoms with Gasteiger partial charge in [-0.15, -0.1) is 11.3 Å². The van der Waals surface area contributed by atoms with Crippen molar-refractivity contribution in [2.24, 2.45) is 17.8 Å². The average molecular weight is 413 g/mol. The molecule has 5 atom stereocenters. The highest BCUT2D eigenvalue weighted by Crippen LogP contribution is 2.52. The monoisotopic (exact) mass is 412 g/mol. The number of aliphatic carboxylic acids is 1. The number of likely N-dealkylation sites (tertiary alicyclic amines) is 1. The number of imide groups is 1. The number of carboxylic acids is 1. The van der Waals surface area contributed by atoms with Crippen LogP contribution in [0.25, 0.3) is 0 Å². The van der Waals surface area contributed by atoms with Crippen LogP contribution in [0.5, 0.6) is 0 Å². The molecule has 2 aromatic rings. The van der Waals surface area contributed by atoms with Crippen LogP contribution in [0.3, 0.4) is 0 Å². The van der Waals surface area contributed by atoms with Crippen molar-refractivity contribution in [1.82, 2.24) is 10.2 Å². The molecule has 0 aliphatic carbocycles. The van der Waals surface area contributed by atoms with E-state index in [1.165, 1.54) is 16.2 Å². The van der Waals surface area contributed by atoms with Crippen LogP contribution in [-0.2, 0) is 20.9 Å². The molecule has 2 aliphatic heterocycles. The number of nitrogens with one attached hydrogen (secondary N) is 1. The Kier molecular flexibility index (Phi) is 5.04. The summed E-state index contributed by atoms with van der Waals surface area (Å²) in [6.45, 7) is 3.92. The van der Waals surface area contributed by atoms with E-state index in [9.17, 15) is 19.5 Å². The smallest absolute Gasteiger partial charge is 0.325 e. The van der Waals surface area contributed by atoms with E-state index >= 15 is 0 Å². The average Bonchev–Trinajstić information content (AvgIpc) is 3.42. The lowest BCUT2D eigenvalue weighted by Crippen LogP contribution is -2.59. The van der Waals surface area contributed by atoms with Gasteiger partial charge in [0.2, 0.25) is 11.8 Å². The highest BCUT2D eigenvalue weighted by Gasteiger charge is 2.69. The van der Waals surface area contributed by atoms with E-state index in [1.54, 1.807) is 0 Å². The summed E-state index contributed by atoms with van der Waals surface area (Å²) in [7, 11) is 0. The Balaban J connectivity index is 1.80. The molecule has 0 spiro atoms. The van der Waals surface area contributed by atoms with E-state index in [0.717, 1.165) is 10.4 Å². The Bertz CT molecular complexity index is 930. The molecular weight excluding hydrogens is 388 g/mol. The normalized spacial score (nSPS) is 29.9. The zero-order valence-corrected chi connectivity index (χ0v) is 17.2. The SMILES string of the molecule is CCC(C)C1(C(=O)O)NC(c2cccs2)C2C(=O)N(Cc3ccccc3)C(=O)C21. The fraction of sp³-hybridized carbons (Fsp3) is 0.409. The van der Waals surface area contributed by atoms with Crippen LogP contribution in [-0.4, -0.2) is 33.3 Å². The van der Waals surface area contributed by atoms with E-state index in [0.29, 0.717) is 6.42 Å². The Labute approximate surface area is 173 Å². The second kappa shape index (κ2) is 7.39. The number of rotatable bonds is 6. The summed E-state index contributed by atoms with van der Waals surface area (Å²) in [5, 5.41) is 15.4. The number of benzene rings is 1. The van der Waals surface area contributed by atoms with Crippen molar-refractivity contribution < 1.29 is 19.5 Å². The molecule has 29 heavy (non-hydrogen) atoms. The summed E-state index contributed by atoms with van der Waals surface area (Å²) in [5.41, 5.74) is -0.619. The van der Waals surface area contributed by atoms with Gasteiger partial charge in [0, 0.05) is 4.88 Å². The van der Waals surface area contributed by atoms with Gasteiger partial charge in [0.25, 0.3) is 0 Å². The first-order valence-corrected chi connectivity index (χ1v) is 10.7. The summed E-state index contributed by atoms with van der Waals surface area (Å²) in [6, 6.07) is 12.6. The molecule has 0 saturated carbocycles. The predicted octanol–water partition coefficient (Wildman–Crippen LogP) is 3.06. The molecule has 4 rings (SSSR count). The fourth-order valence-corrected chi connectivity index (χ4v) is 5.64. The second-order valence-electron chi connectivity index (χ2n) is 7.87. The predicted molar refractivity (Wildman–Crippen MR) is 109 cm³/mol. The van der Waals surface area contributed by atoms with Crippen LogP contribution in [0.4, 0.5) is 0 Å². The molecule has 2 aliphatic rings. The van der Waals surface area contributed by atoms with Gasteiger partial charge in [-0.05, 0) is 22.9 Å². The van der Waals surface area contributed by atoms with Crippen molar-refractivity contribution in [2.75, 3.05) is 0 Å². The van der Waals surface area contributed by atoms with Crippen LogP contribution in [0, 0.1) is 17.8 Å². The van der Waals surface area contributed by atoms with Crippen molar-refractivity contribution >= 4 is 29.1 Å². The van der Waals surface area contributed by atoms with Crippen LogP contribution in [0.2, 0.25) is 0 Å². The minimum Gasteiger partial charge on any atom is -0.480 e. The number of nitrogens with zero attached hydrogens (tertiary/aromatic N) is 1. The summed E-state index contributed by atoms with van der Waals surface area (Å²) < 4.78 is 0. The lowest BCUT2D eigenvalue weighted by molar-refractivity contribution is -0.154. The number of hydrogen-bond acceptors (Lipinski definition) is 5. The first-order chi connectivity index (χ1) is 13.9. The van der Waals surface area contributed by atoms with E-state index in [4.69, 9.17) is 0 Å². The first kappa shape index (κ1) is 19.8. The molecular formula is C22H24N2O4S. The van der Waals surface area contributed by atoms with Crippen molar-refractivity contribution in [3.63, 3.8) is 0 Å². The van der Waals surface area contributed by atoms with E-state index in [-0.39, 0.29) is 18.4 Å². The minimum atomic E-state index is -1.47. The largest absolute Gasteiger partial charge is 0.480 e. The number of carbonyl (C=O) groups is 3. The molecule has 2 amide bonds. The summed E-state index contributed by atoms with van der Waals surface area (Å²) in [6.07, 6.45) is 0.583. The van der Waals surface area contributed by atoms with Crippen molar-refractivity contribution in [3.05, 3.63) is 58.3 Å². The number of hydrogen-bond donors (Lipinski definition) is 2. The highest BCUT2D eigenvalue weighted by molar-refractivity contribution is 7.10. The standard InChI is InChI=1S/C22H24N2O4S/c1-3-13(2)22(21(27)28)17-16(18(23-22)15-10-7-11-29-15)19(25)24(20(17)26)12-14-8-5-4-6-9-14/h4-11,13,16-18,23H,3,12H2,1-2H3,(H,27,28). The zero-order valence-electron chi connectivity index (χ0n) is 16.4. The topological polar surface area (TPSA) is 86.7 Å². The molecule has 5 unspecified atom stereocenters. The van der Waals surface area contributed by atoms with Gasteiger partial charge in [-0.2, -0.15) is 0 Å². The molecule has 2 N–H and O–H groups in total. The second-order valence-corrected chi connectivity index (χ2v) is 8.85.